The highest BCUT2D eigenvalue weighted by molar-refractivity contribution is 6.05. The predicted molar refractivity (Wildman–Crippen MR) is 125 cm³/mol. The van der Waals surface area contributed by atoms with Crippen LogP contribution in [0.5, 0.6) is 23.0 Å². The fourth-order valence-corrected chi connectivity index (χ4v) is 3.26. The number of aromatic nitrogens is 2. The van der Waals surface area contributed by atoms with Gasteiger partial charge in [0.05, 0.1) is 51.5 Å². The lowest BCUT2D eigenvalue weighted by Gasteiger charge is -2.17. The molecule has 0 unspecified atom stereocenters. The van der Waals surface area contributed by atoms with Crippen molar-refractivity contribution in [1.82, 2.24) is 10.2 Å². The summed E-state index contributed by atoms with van der Waals surface area (Å²) in [6, 6.07) is 9.87. The number of aromatic amines is 1. The van der Waals surface area contributed by atoms with E-state index in [4.69, 9.17) is 23.7 Å². The molecule has 1 aromatic heterocycles. The molecule has 0 aliphatic rings. The maximum atomic E-state index is 13.0. The highest BCUT2D eigenvalue weighted by Crippen LogP contribution is 2.38. The molecule has 1 amide bonds. The number of hydrogen-bond donors (Lipinski definition) is 2. The molecule has 0 spiro atoms. The quantitative estimate of drug-likeness (QED) is 0.429. The summed E-state index contributed by atoms with van der Waals surface area (Å²) in [5, 5.41) is 9.74. The molecule has 0 bridgehead atoms. The van der Waals surface area contributed by atoms with Crippen LogP contribution in [0.2, 0.25) is 0 Å². The Kier molecular flexibility index (Phi) is 7.96. The van der Waals surface area contributed by atoms with E-state index in [9.17, 15) is 9.59 Å². The topological polar surface area (TPSA) is 121 Å². The molecule has 3 rings (SSSR count). The second-order valence-electron chi connectivity index (χ2n) is 6.90. The van der Waals surface area contributed by atoms with Crippen LogP contribution < -0.4 is 24.3 Å². The number of carbonyl (C=O) groups is 2. The average molecular weight is 469 g/mol. The first kappa shape index (κ1) is 24.4. The zero-order chi connectivity index (χ0) is 24.7. The Morgan fingerprint density at radius 1 is 0.941 bits per heavy atom. The Morgan fingerprint density at radius 3 is 2.35 bits per heavy atom. The number of H-pyrrole nitrogens is 1. The minimum absolute atomic E-state index is 0.191. The van der Waals surface area contributed by atoms with Crippen molar-refractivity contribution in [2.45, 2.75) is 13.8 Å². The summed E-state index contributed by atoms with van der Waals surface area (Å²) in [6.07, 6.45) is 0. The molecule has 180 valence electrons. The van der Waals surface area contributed by atoms with Gasteiger partial charge >= 0.3 is 5.97 Å². The SMILES string of the molecule is CCOc1cc(C(=O)OC)cc(NC(=O)c2cc(-c3ccc(OC)cc3OC)n[nH]2)c1OCC. The van der Waals surface area contributed by atoms with E-state index in [1.54, 1.807) is 45.2 Å². The number of hydrogen-bond acceptors (Lipinski definition) is 8. The third-order valence-electron chi connectivity index (χ3n) is 4.82. The number of ether oxygens (including phenoxy) is 5. The number of carbonyl (C=O) groups excluding carboxylic acids is 2. The molecule has 0 saturated carbocycles. The van der Waals surface area contributed by atoms with Crippen molar-refractivity contribution in [3.8, 4) is 34.3 Å². The largest absolute Gasteiger partial charge is 0.497 e. The minimum atomic E-state index is -0.574. The fraction of sp³-hybridized carbons (Fsp3) is 0.292. The van der Waals surface area contributed by atoms with Crippen LogP contribution in [0.15, 0.2) is 36.4 Å². The van der Waals surface area contributed by atoms with Crippen molar-refractivity contribution in [3.63, 3.8) is 0 Å². The number of anilines is 1. The third-order valence-corrected chi connectivity index (χ3v) is 4.82. The number of nitrogens with one attached hydrogen (secondary N) is 2. The summed E-state index contributed by atoms with van der Waals surface area (Å²) in [7, 11) is 4.38. The molecule has 0 aliphatic heterocycles. The first-order valence-corrected chi connectivity index (χ1v) is 10.6. The predicted octanol–water partition coefficient (Wildman–Crippen LogP) is 3.93. The molecule has 10 nitrogen and oxygen atoms in total. The van der Waals surface area contributed by atoms with Crippen molar-refractivity contribution in [2.24, 2.45) is 0 Å². The first-order valence-electron chi connectivity index (χ1n) is 10.6. The summed E-state index contributed by atoms with van der Waals surface area (Å²) in [4.78, 5) is 25.2. The lowest BCUT2D eigenvalue weighted by Crippen LogP contribution is -2.15. The van der Waals surface area contributed by atoms with Gasteiger partial charge in [0.25, 0.3) is 5.91 Å². The van der Waals surface area contributed by atoms with Gasteiger partial charge in [-0.25, -0.2) is 4.79 Å². The van der Waals surface area contributed by atoms with Crippen LogP contribution in [-0.4, -0.2) is 56.6 Å². The van der Waals surface area contributed by atoms with Gasteiger partial charge in [0.2, 0.25) is 0 Å². The van der Waals surface area contributed by atoms with Crippen LogP contribution >= 0.6 is 0 Å². The summed E-state index contributed by atoms with van der Waals surface area (Å²) < 4.78 is 26.8. The van der Waals surface area contributed by atoms with Crippen molar-refractivity contribution in [3.05, 3.63) is 47.7 Å². The van der Waals surface area contributed by atoms with Gasteiger partial charge in [0.15, 0.2) is 11.5 Å². The van der Waals surface area contributed by atoms with Gasteiger partial charge in [-0.05, 0) is 44.2 Å². The maximum Gasteiger partial charge on any atom is 0.338 e. The third kappa shape index (κ3) is 5.22. The van der Waals surface area contributed by atoms with E-state index in [1.807, 2.05) is 0 Å². The monoisotopic (exact) mass is 469 g/mol. The van der Waals surface area contributed by atoms with Gasteiger partial charge in [0.1, 0.15) is 17.2 Å². The van der Waals surface area contributed by atoms with Gasteiger partial charge < -0.3 is 29.0 Å². The zero-order valence-electron chi connectivity index (χ0n) is 19.7. The molecule has 1 heterocycles. The summed E-state index contributed by atoms with van der Waals surface area (Å²) in [5.74, 6) is 0.737. The van der Waals surface area contributed by atoms with Crippen LogP contribution in [0.1, 0.15) is 34.7 Å². The van der Waals surface area contributed by atoms with E-state index < -0.39 is 11.9 Å². The number of methoxy groups -OCH3 is 3. The Labute approximate surface area is 197 Å². The standard InChI is InChI=1S/C24H27N3O7/c1-6-33-21-11-14(24(29)32-5)10-18(22(21)34-7-2)25-23(28)19-13-17(26-27-19)16-9-8-15(30-3)12-20(16)31-4/h8-13H,6-7H2,1-5H3,(H,25,28)(H,26,27). The van der Waals surface area contributed by atoms with Crippen LogP contribution in [0.3, 0.4) is 0 Å². The maximum absolute atomic E-state index is 13.0. The molecule has 10 heteroatoms. The Morgan fingerprint density at radius 2 is 1.71 bits per heavy atom. The molecule has 0 atom stereocenters. The molecule has 0 aliphatic carbocycles. The van der Waals surface area contributed by atoms with Crippen LogP contribution in [0.4, 0.5) is 5.69 Å². The summed E-state index contributed by atoms with van der Waals surface area (Å²) >= 11 is 0. The summed E-state index contributed by atoms with van der Waals surface area (Å²) in [6.45, 7) is 4.27. The second kappa shape index (κ2) is 11.1. The Bertz CT molecular complexity index is 1170. The number of nitrogens with zero attached hydrogens (tertiary/aromatic N) is 1. The van der Waals surface area contributed by atoms with Crippen molar-refractivity contribution >= 4 is 17.6 Å². The van der Waals surface area contributed by atoms with Crippen molar-refractivity contribution in [2.75, 3.05) is 39.9 Å². The molecule has 0 radical (unpaired) electrons. The van der Waals surface area contributed by atoms with E-state index in [0.29, 0.717) is 47.5 Å². The van der Waals surface area contributed by atoms with E-state index in [-0.39, 0.29) is 16.9 Å². The van der Waals surface area contributed by atoms with Gasteiger partial charge in [-0.1, -0.05) is 0 Å². The minimum Gasteiger partial charge on any atom is -0.497 e. The molecule has 2 aromatic carbocycles. The highest BCUT2D eigenvalue weighted by Gasteiger charge is 2.21. The Hall–Kier alpha value is -4.21. The molecule has 0 saturated heterocycles. The number of amides is 1. The van der Waals surface area contributed by atoms with Gasteiger partial charge in [-0.2, -0.15) is 5.10 Å². The van der Waals surface area contributed by atoms with Crippen LogP contribution in [0, 0.1) is 0 Å². The Balaban J connectivity index is 1.95. The smallest absolute Gasteiger partial charge is 0.338 e. The van der Waals surface area contributed by atoms with Crippen molar-refractivity contribution < 1.29 is 33.3 Å². The van der Waals surface area contributed by atoms with Crippen molar-refractivity contribution in [1.29, 1.82) is 0 Å². The molecular weight excluding hydrogens is 442 g/mol. The molecule has 2 N–H and O–H groups in total. The van der Waals surface area contributed by atoms with E-state index in [0.717, 1.165) is 0 Å². The van der Waals surface area contributed by atoms with Crippen LogP contribution in [-0.2, 0) is 4.74 Å². The normalized spacial score (nSPS) is 10.4. The molecule has 3 aromatic rings. The zero-order valence-corrected chi connectivity index (χ0v) is 19.7. The van der Waals surface area contributed by atoms with E-state index >= 15 is 0 Å². The second-order valence-corrected chi connectivity index (χ2v) is 6.90. The van der Waals surface area contributed by atoms with E-state index in [1.165, 1.54) is 26.4 Å². The first-order chi connectivity index (χ1) is 16.4. The van der Waals surface area contributed by atoms with Gasteiger partial charge in [0, 0.05) is 11.6 Å². The summed E-state index contributed by atoms with van der Waals surface area (Å²) in [5.41, 5.74) is 1.85. The number of benzene rings is 2. The average Bonchev–Trinajstić information content (AvgIpc) is 3.35. The fourth-order valence-electron chi connectivity index (χ4n) is 3.26. The van der Waals surface area contributed by atoms with E-state index in [2.05, 4.69) is 15.5 Å². The van der Waals surface area contributed by atoms with Crippen LogP contribution in [0.25, 0.3) is 11.3 Å². The highest BCUT2D eigenvalue weighted by atomic mass is 16.5. The molecule has 0 fully saturated rings. The lowest BCUT2D eigenvalue weighted by molar-refractivity contribution is 0.0600. The molecular formula is C24H27N3O7. The van der Waals surface area contributed by atoms with Gasteiger partial charge in [-0.15, -0.1) is 0 Å². The number of esters is 1. The molecule has 34 heavy (non-hydrogen) atoms. The van der Waals surface area contributed by atoms with Gasteiger partial charge in [-0.3, -0.25) is 9.89 Å². The number of rotatable bonds is 10. The lowest BCUT2D eigenvalue weighted by atomic mass is 10.1.